The zero-order valence-corrected chi connectivity index (χ0v) is 37.5. The molecule has 2 aromatic rings. The van der Waals surface area contributed by atoms with E-state index in [-0.39, 0.29) is 37.9 Å². The van der Waals surface area contributed by atoms with Gasteiger partial charge in [-0.05, 0) is 151 Å². The van der Waals surface area contributed by atoms with Gasteiger partial charge in [0, 0.05) is 5.41 Å². The number of hydrogen-bond donors (Lipinski definition) is 0. The highest BCUT2D eigenvalue weighted by molar-refractivity contribution is 5.55. The van der Waals surface area contributed by atoms with Gasteiger partial charge in [-0.15, -0.1) is 0 Å². The maximum Gasteiger partial charge on any atom is 0.0270 e. The van der Waals surface area contributed by atoms with E-state index in [2.05, 4.69) is 170 Å². The van der Waals surface area contributed by atoms with Crippen molar-refractivity contribution in [1.29, 1.82) is 0 Å². The lowest BCUT2D eigenvalue weighted by Crippen LogP contribution is -2.48. The summed E-state index contributed by atoms with van der Waals surface area (Å²) in [7, 11) is 0. The molecule has 0 heteroatoms. The summed E-state index contributed by atoms with van der Waals surface area (Å²) in [5, 5.41) is 0. The largest absolute Gasteiger partial charge is 0.0764 e. The van der Waals surface area contributed by atoms with Crippen LogP contribution in [0.2, 0.25) is 0 Å². The Kier molecular flexibility index (Phi) is 9.06. The van der Waals surface area contributed by atoms with Crippen molar-refractivity contribution in [3.05, 3.63) is 117 Å². The molecule has 4 unspecified atom stereocenters. The van der Waals surface area contributed by atoms with Gasteiger partial charge in [0.05, 0.1) is 0 Å². The zero-order valence-electron chi connectivity index (χ0n) is 37.5. The molecule has 0 nitrogen and oxygen atoms in total. The molecular weight excluding hydrogens is 661 g/mol. The minimum Gasteiger partial charge on any atom is -0.0764 e. The van der Waals surface area contributed by atoms with Crippen LogP contribution >= 0.6 is 0 Å². The van der Waals surface area contributed by atoms with Crippen LogP contribution in [-0.2, 0) is 16.2 Å². The van der Waals surface area contributed by atoms with E-state index in [1.54, 1.807) is 33.4 Å². The summed E-state index contributed by atoms with van der Waals surface area (Å²) in [6, 6.07) is 20.5. The highest BCUT2D eigenvalue weighted by Crippen LogP contribution is 2.69. The van der Waals surface area contributed by atoms with E-state index in [1.807, 2.05) is 0 Å². The van der Waals surface area contributed by atoms with Crippen molar-refractivity contribution in [2.24, 2.45) is 57.2 Å². The molecule has 4 atom stereocenters. The summed E-state index contributed by atoms with van der Waals surface area (Å²) >= 11 is 0. The van der Waals surface area contributed by atoms with Crippen molar-refractivity contribution in [3.63, 3.8) is 0 Å². The number of fused-ring (bicyclic) bond motifs is 5. The first kappa shape index (κ1) is 39.2. The Labute approximate surface area is 337 Å². The van der Waals surface area contributed by atoms with Crippen molar-refractivity contribution < 1.29 is 0 Å². The molecule has 0 radical (unpaired) electrons. The molecule has 0 saturated heterocycles. The van der Waals surface area contributed by atoms with Crippen LogP contribution in [0.3, 0.4) is 0 Å². The van der Waals surface area contributed by atoms with Crippen molar-refractivity contribution >= 4 is 0 Å². The van der Waals surface area contributed by atoms with E-state index in [9.17, 15) is 0 Å². The second kappa shape index (κ2) is 12.7. The van der Waals surface area contributed by atoms with Gasteiger partial charge in [-0.2, -0.15) is 0 Å². The molecule has 2 aromatic carbocycles. The smallest absolute Gasteiger partial charge is 0.0270 e. The van der Waals surface area contributed by atoms with E-state index in [1.165, 1.54) is 62.5 Å². The molecule has 0 N–H and O–H groups in total. The average Bonchev–Trinajstić information content (AvgIpc) is 3.76. The standard InChI is InChI=1S/C55H76/c1-49(2,3)35-19-23-38(24-20-35)55(37-17-15-16-18-37,39-25-21-36(22-26-39)50(4,5)6)48-42-33-46-44(51(7,8)27-29-53(46,11)12)31-40(42)41-32-45-47(34-43(41)48)54(13,14)30-28-52(45,9)10/h19-26,31-34,37,40-43,48H,15-18,27-30H2,1-14H3. The normalized spacial score (nSPS) is 30.9. The van der Waals surface area contributed by atoms with E-state index in [0.717, 1.165) is 0 Å². The van der Waals surface area contributed by atoms with Crippen molar-refractivity contribution in [2.45, 2.75) is 165 Å². The Morgan fingerprint density at radius 3 is 0.964 bits per heavy atom. The third-order valence-corrected chi connectivity index (χ3v) is 16.8. The van der Waals surface area contributed by atoms with Gasteiger partial charge < -0.3 is 0 Å². The van der Waals surface area contributed by atoms with Crippen LogP contribution in [0.5, 0.6) is 0 Å². The van der Waals surface area contributed by atoms with Gasteiger partial charge in [-0.1, -0.05) is 183 Å². The lowest BCUT2D eigenvalue weighted by molar-refractivity contribution is 0.152. The SMILES string of the molecule is CC1(C)CCC(C)(C)C2=CC3C(C=C21)C1C=C2C(=CC1C3C(c1ccc(C(C)(C)C)cc1)(c1ccc(C(C)(C)C)cc1)C1CCCC1)C(C)(C)CCC2(C)C. The molecule has 296 valence electrons. The lowest BCUT2D eigenvalue weighted by Gasteiger charge is -2.52. The van der Waals surface area contributed by atoms with Crippen molar-refractivity contribution in [1.82, 2.24) is 0 Å². The molecule has 0 aliphatic heterocycles. The first-order valence-corrected chi connectivity index (χ1v) is 22.6. The zero-order chi connectivity index (χ0) is 39.7. The van der Waals surface area contributed by atoms with Gasteiger partial charge in [-0.25, -0.2) is 0 Å². The fourth-order valence-corrected chi connectivity index (χ4v) is 13.2. The van der Waals surface area contributed by atoms with Crippen LogP contribution in [0, 0.1) is 57.2 Å². The average molecular weight is 737 g/mol. The highest BCUT2D eigenvalue weighted by Gasteiger charge is 2.63. The van der Waals surface area contributed by atoms with Crippen LogP contribution in [0.25, 0.3) is 0 Å². The number of allylic oxidation sites excluding steroid dienone is 8. The molecular formula is C55H76. The van der Waals surface area contributed by atoms with Crippen molar-refractivity contribution in [2.75, 3.05) is 0 Å². The molecule has 8 rings (SSSR count). The second-order valence-electron chi connectivity index (χ2n) is 24.2. The summed E-state index contributed by atoms with van der Waals surface area (Å²) in [4.78, 5) is 0. The van der Waals surface area contributed by atoms with Crippen LogP contribution in [0.4, 0.5) is 0 Å². The molecule has 6 aliphatic rings. The van der Waals surface area contributed by atoms with Gasteiger partial charge in [0.15, 0.2) is 0 Å². The summed E-state index contributed by atoms with van der Waals surface area (Å²) in [6.07, 6.45) is 22.1. The van der Waals surface area contributed by atoms with Gasteiger partial charge in [0.25, 0.3) is 0 Å². The molecule has 0 heterocycles. The molecule has 4 saturated carbocycles. The van der Waals surface area contributed by atoms with Crippen LogP contribution < -0.4 is 0 Å². The summed E-state index contributed by atoms with van der Waals surface area (Å²) < 4.78 is 0. The molecule has 0 amide bonds. The third kappa shape index (κ3) is 6.19. The van der Waals surface area contributed by atoms with Crippen molar-refractivity contribution in [3.8, 4) is 0 Å². The predicted octanol–water partition coefficient (Wildman–Crippen LogP) is 15.3. The van der Waals surface area contributed by atoms with E-state index in [0.29, 0.717) is 35.5 Å². The van der Waals surface area contributed by atoms with E-state index in [4.69, 9.17) is 0 Å². The maximum atomic E-state index is 2.94. The minimum absolute atomic E-state index is 0.0981. The Morgan fingerprint density at radius 1 is 0.400 bits per heavy atom. The fraction of sp³-hybridized carbons (Fsp3) is 0.636. The summed E-state index contributed by atoms with van der Waals surface area (Å²) in [5.41, 5.74) is 13.7. The van der Waals surface area contributed by atoms with Crippen LogP contribution in [0.15, 0.2) is 95.1 Å². The van der Waals surface area contributed by atoms with Gasteiger partial charge in [-0.3, -0.25) is 0 Å². The van der Waals surface area contributed by atoms with Gasteiger partial charge >= 0.3 is 0 Å². The van der Waals surface area contributed by atoms with E-state index < -0.39 is 0 Å². The topological polar surface area (TPSA) is 0 Å². The maximum absolute atomic E-state index is 2.94. The van der Waals surface area contributed by atoms with Gasteiger partial charge in [0.1, 0.15) is 0 Å². The first-order chi connectivity index (χ1) is 25.5. The number of benzene rings is 2. The minimum atomic E-state index is -0.0981. The van der Waals surface area contributed by atoms with E-state index >= 15 is 0 Å². The lowest BCUT2D eigenvalue weighted by atomic mass is 9.51. The Balaban J connectivity index is 1.45. The molecule has 55 heavy (non-hydrogen) atoms. The Hall–Kier alpha value is -2.60. The van der Waals surface area contributed by atoms with Crippen LogP contribution in [0.1, 0.15) is 171 Å². The highest BCUT2D eigenvalue weighted by atomic mass is 14.7. The van der Waals surface area contributed by atoms with Gasteiger partial charge in [0.2, 0.25) is 0 Å². The predicted molar refractivity (Wildman–Crippen MR) is 236 cm³/mol. The summed E-state index contributed by atoms with van der Waals surface area (Å²) in [6.45, 7) is 34.7. The number of rotatable bonds is 4. The Morgan fingerprint density at radius 2 is 0.673 bits per heavy atom. The third-order valence-electron chi connectivity index (χ3n) is 16.8. The molecule has 0 spiro atoms. The molecule has 4 fully saturated rings. The molecule has 0 bridgehead atoms. The molecule has 6 aliphatic carbocycles. The van der Waals surface area contributed by atoms with Crippen LogP contribution in [-0.4, -0.2) is 0 Å². The fourth-order valence-electron chi connectivity index (χ4n) is 13.2. The quantitative estimate of drug-likeness (QED) is 0.293. The number of hydrogen-bond acceptors (Lipinski definition) is 0. The second-order valence-corrected chi connectivity index (χ2v) is 24.2. The Bertz CT molecular complexity index is 1790. The first-order valence-electron chi connectivity index (χ1n) is 22.6. The monoisotopic (exact) mass is 737 g/mol. The summed E-state index contributed by atoms with van der Waals surface area (Å²) in [5.74, 6) is 3.05. The molecule has 0 aromatic heterocycles.